The lowest BCUT2D eigenvalue weighted by Crippen LogP contribution is -2.04. The highest BCUT2D eigenvalue weighted by Crippen LogP contribution is 2.29. The van der Waals surface area contributed by atoms with Crippen LogP contribution in [0.2, 0.25) is 0 Å². The Kier molecular flexibility index (Phi) is 7.18. The minimum absolute atomic E-state index is 0.0968. The van der Waals surface area contributed by atoms with Crippen molar-refractivity contribution in [2.75, 3.05) is 5.75 Å². The van der Waals surface area contributed by atoms with Crippen LogP contribution in [-0.4, -0.2) is 41.1 Å². The topological polar surface area (TPSA) is 78.5 Å². The fraction of sp³-hybridized carbons (Fsp3) is 0.174. The second-order valence-electron chi connectivity index (χ2n) is 6.92. The monoisotopic (exact) mass is 462 g/mol. The predicted molar refractivity (Wildman–Crippen MR) is 128 cm³/mol. The molecule has 162 valence electrons. The summed E-state index contributed by atoms with van der Waals surface area (Å²) in [5.41, 5.74) is 1.96. The van der Waals surface area contributed by atoms with Crippen LogP contribution in [0.3, 0.4) is 0 Å². The molecule has 2 aromatic carbocycles. The van der Waals surface area contributed by atoms with E-state index in [2.05, 4.69) is 27.0 Å². The summed E-state index contributed by atoms with van der Waals surface area (Å²) in [5.74, 6) is 2.58. The summed E-state index contributed by atoms with van der Waals surface area (Å²) < 4.78 is 4.04. The highest BCUT2D eigenvalue weighted by Gasteiger charge is 2.18. The number of aromatic nitrogens is 6. The molecule has 0 aliphatic carbocycles. The van der Waals surface area contributed by atoms with Crippen LogP contribution < -0.4 is 0 Å². The lowest BCUT2D eigenvalue weighted by atomic mass is 10.2. The van der Waals surface area contributed by atoms with Crippen molar-refractivity contribution in [1.82, 2.24) is 29.5 Å². The Morgan fingerprint density at radius 2 is 1.62 bits per heavy atom. The molecule has 0 saturated heterocycles. The van der Waals surface area contributed by atoms with Gasteiger partial charge in [-0.1, -0.05) is 78.1 Å². The Hall–Kier alpha value is -3.17. The standard InChI is InChI=1S/C23H22N6OS2/c1-3-14-28-21(18-10-6-4-7-11-18)25-26-22(28)32-16-20-24-27-23(31-15-17(2)30)29(20)19-12-8-5-9-13-19/h3-13H,1,14-16H2,2H3. The molecule has 0 N–H and O–H groups in total. The van der Waals surface area contributed by atoms with E-state index in [1.54, 1.807) is 18.7 Å². The second kappa shape index (κ2) is 10.4. The molecule has 2 aromatic heterocycles. The molecular formula is C23H22N6OS2. The number of hydrogen-bond donors (Lipinski definition) is 0. The molecule has 0 aliphatic rings. The first-order valence-electron chi connectivity index (χ1n) is 10.0. The van der Waals surface area contributed by atoms with E-state index in [1.165, 1.54) is 11.8 Å². The van der Waals surface area contributed by atoms with E-state index in [0.717, 1.165) is 28.1 Å². The van der Waals surface area contributed by atoms with Crippen LogP contribution in [0.5, 0.6) is 0 Å². The highest BCUT2D eigenvalue weighted by molar-refractivity contribution is 7.99. The summed E-state index contributed by atoms with van der Waals surface area (Å²) in [5, 5.41) is 19.1. The third-order valence-corrected chi connectivity index (χ3v) is 6.55. The van der Waals surface area contributed by atoms with Crippen molar-refractivity contribution < 1.29 is 4.79 Å². The molecule has 0 aliphatic heterocycles. The van der Waals surface area contributed by atoms with Gasteiger partial charge in [-0.2, -0.15) is 0 Å². The van der Waals surface area contributed by atoms with Gasteiger partial charge < -0.3 is 0 Å². The van der Waals surface area contributed by atoms with Gasteiger partial charge in [0.05, 0.1) is 11.5 Å². The molecule has 0 unspecified atom stereocenters. The average molecular weight is 463 g/mol. The lowest BCUT2D eigenvalue weighted by molar-refractivity contribution is -0.114. The van der Waals surface area contributed by atoms with Crippen LogP contribution in [-0.2, 0) is 17.1 Å². The van der Waals surface area contributed by atoms with E-state index < -0.39 is 0 Å². The number of ketones is 1. The van der Waals surface area contributed by atoms with Crippen LogP contribution in [0.25, 0.3) is 17.1 Å². The summed E-state index contributed by atoms with van der Waals surface area (Å²) in [6.45, 7) is 6.05. The van der Waals surface area contributed by atoms with Crippen molar-refractivity contribution in [3.8, 4) is 17.1 Å². The van der Waals surface area contributed by atoms with Crippen LogP contribution in [0.1, 0.15) is 12.7 Å². The lowest BCUT2D eigenvalue weighted by Gasteiger charge is -2.10. The number of Topliss-reactive ketones (excluding diaryl/α,β-unsaturated/α-hetero) is 1. The molecule has 0 amide bonds. The number of rotatable bonds is 10. The first kappa shape index (κ1) is 22.0. The van der Waals surface area contributed by atoms with Crippen molar-refractivity contribution in [3.63, 3.8) is 0 Å². The minimum Gasteiger partial charge on any atom is -0.299 e. The van der Waals surface area contributed by atoms with E-state index in [9.17, 15) is 4.79 Å². The van der Waals surface area contributed by atoms with Crippen molar-refractivity contribution in [2.45, 2.75) is 29.5 Å². The Labute approximate surface area is 195 Å². The predicted octanol–water partition coefficient (Wildman–Crippen LogP) is 4.69. The van der Waals surface area contributed by atoms with Gasteiger partial charge in [-0.3, -0.25) is 13.9 Å². The Bertz CT molecular complexity index is 1200. The molecule has 4 aromatic rings. The van der Waals surface area contributed by atoms with Gasteiger partial charge in [0.15, 0.2) is 16.1 Å². The Balaban J connectivity index is 1.62. The van der Waals surface area contributed by atoms with Crippen molar-refractivity contribution >= 4 is 29.3 Å². The molecule has 0 atom stereocenters. The minimum atomic E-state index is 0.0968. The molecule has 0 bridgehead atoms. The maximum atomic E-state index is 11.5. The fourth-order valence-electron chi connectivity index (χ4n) is 3.11. The summed E-state index contributed by atoms with van der Waals surface area (Å²) in [7, 11) is 0. The molecular weight excluding hydrogens is 440 g/mol. The number of carbonyl (C=O) groups is 1. The normalized spacial score (nSPS) is 10.9. The highest BCUT2D eigenvalue weighted by atomic mass is 32.2. The number of carbonyl (C=O) groups excluding carboxylic acids is 1. The smallest absolute Gasteiger partial charge is 0.196 e. The van der Waals surface area contributed by atoms with Crippen LogP contribution in [0.4, 0.5) is 0 Å². The van der Waals surface area contributed by atoms with E-state index >= 15 is 0 Å². The van der Waals surface area contributed by atoms with Gasteiger partial charge in [-0.25, -0.2) is 0 Å². The van der Waals surface area contributed by atoms with Gasteiger partial charge in [0.2, 0.25) is 0 Å². The molecule has 0 radical (unpaired) electrons. The van der Waals surface area contributed by atoms with Gasteiger partial charge in [0.25, 0.3) is 0 Å². The van der Waals surface area contributed by atoms with Gasteiger partial charge in [0, 0.05) is 17.8 Å². The zero-order valence-electron chi connectivity index (χ0n) is 17.6. The summed E-state index contributed by atoms with van der Waals surface area (Å²) in [4.78, 5) is 11.5. The molecule has 0 spiro atoms. The second-order valence-corrected chi connectivity index (χ2v) is 8.81. The molecule has 2 heterocycles. The van der Waals surface area contributed by atoms with Crippen LogP contribution >= 0.6 is 23.5 Å². The van der Waals surface area contributed by atoms with Gasteiger partial charge in [-0.05, 0) is 19.1 Å². The zero-order valence-corrected chi connectivity index (χ0v) is 19.2. The largest absolute Gasteiger partial charge is 0.299 e. The first-order valence-corrected chi connectivity index (χ1v) is 12.0. The SMILES string of the molecule is C=CCn1c(SCc2nnc(SCC(C)=O)n2-c2ccccc2)nnc1-c1ccccc1. The molecule has 7 nitrogen and oxygen atoms in total. The zero-order chi connectivity index (χ0) is 22.3. The molecule has 4 rings (SSSR count). The van der Waals surface area contributed by atoms with Gasteiger partial charge >= 0.3 is 0 Å². The summed E-state index contributed by atoms with van der Waals surface area (Å²) in [6, 6.07) is 19.9. The van der Waals surface area contributed by atoms with Gasteiger partial charge in [0.1, 0.15) is 11.6 Å². The fourth-order valence-corrected chi connectivity index (χ4v) is 4.74. The average Bonchev–Trinajstić information content (AvgIpc) is 3.41. The van der Waals surface area contributed by atoms with Crippen molar-refractivity contribution in [2.24, 2.45) is 0 Å². The Morgan fingerprint density at radius 3 is 2.31 bits per heavy atom. The number of hydrogen-bond acceptors (Lipinski definition) is 7. The number of para-hydroxylation sites is 1. The van der Waals surface area contributed by atoms with Crippen LogP contribution in [0.15, 0.2) is 83.6 Å². The number of nitrogens with zero attached hydrogens (tertiary/aromatic N) is 6. The summed E-state index contributed by atoms with van der Waals surface area (Å²) >= 11 is 2.93. The molecule has 32 heavy (non-hydrogen) atoms. The number of thioether (sulfide) groups is 2. The van der Waals surface area contributed by atoms with E-state index in [1.807, 2.05) is 75.9 Å². The number of allylic oxidation sites excluding steroid dienone is 1. The van der Waals surface area contributed by atoms with E-state index in [-0.39, 0.29) is 5.78 Å². The maximum absolute atomic E-state index is 11.5. The molecule has 0 fully saturated rings. The third-order valence-electron chi connectivity index (χ3n) is 4.51. The number of benzene rings is 2. The molecule has 9 heteroatoms. The first-order chi connectivity index (χ1) is 15.7. The summed E-state index contributed by atoms with van der Waals surface area (Å²) in [6.07, 6.45) is 1.84. The van der Waals surface area contributed by atoms with E-state index in [0.29, 0.717) is 23.2 Å². The Morgan fingerprint density at radius 1 is 0.938 bits per heavy atom. The van der Waals surface area contributed by atoms with Crippen molar-refractivity contribution in [1.29, 1.82) is 0 Å². The van der Waals surface area contributed by atoms with Crippen molar-refractivity contribution in [3.05, 3.63) is 79.1 Å². The van der Waals surface area contributed by atoms with E-state index in [4.69, 9.17) is 0 Å². The maximum Gasteiger partial charge on any atom is 0.196 e. The van der Waals surface area contributed by atoms with Gasteiger partial charge in [-0.15, -0.1) is 27.0 Å². The third kappa shape index (κ3) is 5.00. The molecule has 0 saturated carbocycles. The quantitative estimate of drug-likeness (QED) is 0.250. The van der Waals surface area contributed by atoms with Crippen LogP contribution in [0, 0.1) is 0 Å².